The van der Waals surface area contributed by atoms with Gasteiger partial charge in [0.05, 0.1) is 0 Å². The molecule has 0 spiro atoms. The van der Waals surface area contributed by atoms with Crippen LogP contribution >= 0.6 is 7.99 Å². The van der Waals surface area contributed by atoms with Crippen LogP contribution in [0.25, 0.3) is 0 Å². The third-order valence-corrected chi connectivity index (χ3v) is 0. The van der Waals surface area contributed by atoms with Crippen molar-refractivity contribution in [2.75, 3.05) is 0 Å². The number of halogens is 5. The summed E-state index contributed by atoms with van der Waals surface area (Å²) in [5.41, 5.74) is 0. The van der Waals surface area contributed by atoms with E-state index in [0.717, 1.165) is 0 Å². The SMILES string of the molecule is FB(F)F.O=P(O)(F)F. The Hall–Kier alpha value is -0.0951. The highest BCUT2D eigenvalue weighted by Gasteiger charge is 2.09. The van der Waals surface area contributed by atoms with Crippen LogP contribution < -0.4 is 0 Å². The molecular formula is HBF5O2P. The quantitative estimate of drug-likeness (QED) is 0.342. The molecule has 1 N–H and O–H groups in total. The molecule has 0 aliphatic heterocycles. The predicted molar refractivity (Wildman–Crippen MR) is 21.1 cm³/mol. The number of rotatable bonds is 0. The van der Waals surface area contributed by atoms with Gasteiger partial charge >= 0.3 is 15.5 Å². The fourth-order valence-electron chi connectivity index (χ4n) is 0. The molecule has 0 heterocycles. The van der Waals surface area contributed by atoms with E-state index in [1.165, 1.54) is 0 Å². The van der Waals surface area contributed by atoms with Gasteiger partial charge in [-0.2, -0.15) is 0 Å². The van der Waals surface area contributed by atoms with Crippen LogP contribution in [0.5, 0.6) is 0 Å². The standard InChI is InChI=1S/BF3.F2HO2P/c2-1(3)4;1-5(2,3)4/h;(H,3,4). The Labute approximate surface area is 47.6 Å². The molecule has 0 radical (unpaired) electrons. The zero-order chi connectivity index (χ0) is 8.08. The molecule has 9 heavy (non-hydrogen) atoms. The van der Waals surface area contributed by atoms with Gasteiger partial charge in [-0.15, -0.1) is 8.39 Å². The van der Waals surface area contributed by atoms with Gasteiger partial charge in [0.25, 0.3) is 0 Å². The van der Waals surface area contributed by atoms with E-state index in [2.05, 4.69) is 0 Å². The lowest BCUT2D eigenvalue weighted by atomic mass is 10.5. The van der Waals surface area contributed by atoms with Crippen LogP contribution in [0, 0.1) is 0 Å². The molecule has 0 saturated carbocycles. The Kier molecular flexibility index (Phi) is 6.16. The molecule has 0 amide bonds. The minimum atomic E-state index is -5.64. The second-order valence-electron chi connectivity index (χ2n) is 0.682. The van der Waals surface area contributed by atoms with Crippen LogP contribution in [0.1, 0.15) is 0 Å². The number of hydrogen-bond donors (Lipinski definition) is 1. The van der Waals surface area contributed by atoms with Crippen molar-refractivity contribution in [1.82, 2.24) is 0 Å². The van der Waals surface area contributed by atoms with Crippen molar-refractivity contribution in [3.8, 4) is 0 Å². The van der Waals surface area contributed by atoms with E-state index >= 15 is 0 Å². The Balaban J connectivity index is 0. The molecule has 0 fully saturated rings. The Morgan fingerprint density at radius 3 is 1.22 bits per heavy atom. The summed E-state index contributed by atoms with van der Waals surface area (Å²) < 4.78 is 57.7. The summed E-state index contributed by atoms with van der Waals surface area (Å²) in [6, 6.07) is 0. The Bertz CT molecular complexity index is 86.1. The van der Waals surface area contributed by atoms with Gasteiger partial charge in [0.2, 0.25) is 0 Å². The highest BCUT2D eigenvalue weighted by molar-refractivity contribution is 7.46. The lowest BCUT2D eigenvalue weighted by Crippen LogP contribution is -1.76. The molecule has 0 atom stereocenters. The fraction of sp³-hybridized carbons (Fsp3) is 0. The van der Waals surface area contributed by atoms with E-state index in [1.54, 1.807) is 0 Å². The van der Waals surface area contributed by atoms with Crippen molar-refractivity contribution in [2.24, 2.45) is 0 Å². The van der Waals surface area contributed by atoms with Gasteiger partial charge < -0.3 is 0 Å². The molecule has 56 valence electrons. The van der Waals surface area contributed by atoms with Crippen LogP contribution in [0.4, 0.5) is 21.3 Å². The van der Waals surface area contributed by atoms with E-state index < -0.39 is 15.5 Å². The number of hydrogen-bond acceptors (Lipinski definition) is 1. The topological polar surface area (TPSA) is 37.3 Å². The average Bonchev–Trinajstić information content (AvgIpc) is 1.19. The third-order valence-electron chi connectivity index (χ3n) is 0. The van der Waals surface area contributed by atoms with Gasteiger partial charge in [0.1, 0.15) is 0 Å². The molecule has 9 heteroatoms. The third kappa shape index (κ3) is 30500. The van der Waals surface area contributed by atoms with Crippen LogP contribution in [-0.2, 0) is 4.57 Å². The smallest absolute Gasteiger partial charge is 0.296 e. The first kappa shape index (κ1) is 11.7. The molecule has 0 aromatic rings. The minimum absolute atomic E-state index is 3.67. The largest absolute Gasteiger partial charge is 0.762 e. The summed E-state index contributed by atoms with van der Waals surface area (Å²) in [4.78, 5) is 6.74. The molecule has 2 nitrogen and oxygen atoms in total. The summed E-state index contributed by atoms with van der Waals surface area (Å²) in [5, 5.41) is 0. The van der Waals surface area contributed by atoms with Crippen LogP contribution in [0.2, 0.25) is 0 Å². The summed E-state index contributed by atoms with van der Waals surface area (Å²) in [6.45, 7) is 0. The fourth-order valence-corrected chi connectivity index (χ4v) is 0. The highest BCUT2D eigenvalue weighted by atomic mass is 31.2. The molecule has 0 aromatic carbocycles. The van der Waals surface area contributed by atoms with Gasteiger partial charge in [-0.05, 0) is 0 Å². The first-order valence-electron chi connectivity index (χ1n) is 1.38. The second-order valence-corrected chi connectivity index (χ2v) is 1.55. The van der Waals surface area contributed by atoms with Crippen molar-refractivity contribution in [3.05, 3.63) is 0 Å². The summed E-state index contributed by atoms with van der Waals surface area (Å²) in [7, 11) is -9.31. The van der Waals surface area contributed by atoms with Crippen molar-refractivity contribution in [1.29, 1.82) is 0 Å². The molecule has 0 aliphatic rings. The summed E-state index contributed by atoms with van der Waals surface area (Å²) in [5.74, 6) is 0. The van der Waals surface area contributed by atoms with Crippen molar-refractivity contribution >= 4 is 15.5 Å². The first-order chi connectivity index (χ1) is 3.73. The highest BCUT2D eigenvalue weighted by Crippen LogP contribution is 2.43. The Morgan fingerprint density at radius 1 is 1.22 bits per heavy atom. The first-order valence-corrected chi connectivity index (χ1v) is 2.82. The lowest BCUT2D eigenvalue weighted by Gasteiger charge is -1.73. The van der Waals surface area contributed by atoms with Gasteiger partial charge in [-0.25, -0.2) is 4.57 Å². The van der Waals surface area contributed by atoms with Crippen molar-refractivity contribution in [3.63, 3.8) is 0 Å². The van der Waals surface area contributed by atoms with Crippen molar-refractivity contribution < 1.29 is 30.8 Å². The summed E-state index contributed by atoms with van der Waals surface area (Å²) >= 11 is 0. The van der Waals surface area contributed by atoms with Crippen molar-refractivity contribution in [2.45, 2.75) is 0 Å². The maximum absolute atomic E-state index is 10.1. The molecular weight excluding hydrogens is 169 g/mol. The van der Waals surface area contributed by atoms with Crippen LogP contribution in [-0.4, -0.2) is 12.4 Å². The van der Waals surface area contributed by atoms with Gasteiger partial charge in [0.15, 0.2) is 0 Å². The van der Waals surface area contributed by atoms with Gasteiger partial charge in [-0.1, -0.05) is 0 Å². The van der Waals surface area contributed by atoms with Gasteiger partial charge in [0, 0.05) is 0 Å². The van der Waals surface area contributed by atoms with Gasteiger partial charge in [-0.3, -0.25) is 17.8 Å². The molecule has 0 saturated heterocycles. The normalized spacial score (nSPS) is 9.56. The maximum Gasteiger partial charge on any atom is 0.762 e. The lowest BCUT2D eigenvalue weighted by molar-refractivity contribution is 0.376. The molecule has 0 rings (SSSR count). The second kappa shape index (κ2) is 4.75. The average molecular weight is 170 g/mol. The zero-order valence-electron chi connectivity index (χ0n) is 3.77. The molecule has 0 aliphatic carbocycles. The van der Waals surface area contributed by atoms with E-state index in [-0.39, 0.29) is 0 Å². The molecule has 0 unspecified atom stereocenters. The van der Waals surface area contributed by atoms with E-state index in [9.17, 15) is 21.3 Å². The monoisotopic (exact) mass is 170 g/mol. The van der Waals surface area contributed by atoms with E-state index in [0.29, 0.717) is 0 Å². The van der Waals surface area contributed by atoms with Crippen LogP contribution in [0.3, 0.4) is 0 Å². The van der Waals surface area contributed by atoms with E-state index in [4.69, 9.17) is 9.46 Å². The molecule has 0 bridgehead atoms. The minimum Gasteiger partial charge on any atom is -0.296 e. The summed E-state index contributed by atoms with van der Waals surface area (Å²) in [6.07, 6.45) is 0. The Morgan fingerprint density at radius 2 is 1.22 bits per heavy atom. The maximum atomic E-state index is 10.1. The molecule has 0 aromatic heterocycles. The zero-order valence-corrected chi connectivity index (χ0v) is 4.66. The van der Waals surface area contributed by atoms with Crippen LogP contribution in [0.15, 0.2) is 0 Å². The predicted octanol–water partition coefficient (Wildman–Crippen LogP) is 1.91. The van der Waals surface area contributed by atoms with E-state index in [1.807, 2.05) is 0 Å².